The number of nitrogens with zero attached hydrogens (tertiary/aromatic N) is 2. The van der Waals surface area contributed by atoms with Gasteiger partial charge in [0.1, 0.15) is 5.75 Å². The fourth-order valence-electron chi connectivity index (χ4n) is 4.92. The van der Waals surface area contributed by atoms with Crippen molar-refractivity contribution in [3.63, 3.8) is 0 Å². The molecule has 2 heterocycles. The van der Waals surface area contributed by atoms with Crippen LogP contribution in [0.4, 0.5) is 0 Å². The van der Waals surface area contributed by atoms with Crippen LogP contribution in [0, 0.1) is 6.92 Å². The Labute approximate surface area is 201 Å². The number of aryl methyl sites for hydroxylation is 2. The highest BCUT2D eigenvalue weighted by molar-refractivity contribution is 7.07. The maximum Gasteiger partial charge on any atom is 0.271 e. The maximum absolute atomic E-state index is 13.7. The van der Waals surface area contributed by atoms with Gasteiger partial charge in [-0.15, -0.1) is 0 Å². The molecule has 0 amide bonds. The Morgan fingerprint density at radius 3 is 2.53 bits per heavy atom. The van der Waals surface area contributed by atoms with Crippen molar-refractivity contribution in [2.75, 3.05) is 7.11 Å². The zero-order valence-electron chi connectivity index (χ0n) is 19.1. The van der Waals surface area contributed by atoms with Crippen molar-refractivity contribution in [2.24, 2.45) is 4.99 Å². The molecule has 34 heavy (non-hydrogen) atoms. The van der Waals surface area contributed by atoms with Crippen LogP contribution in [0.3, 0.4) is 0 Å². The number of methoxy groups -OCH3 is 1. The van der Waals surface area contributed by atoms with Gasteiger partial charge in [-0.3, -0.25) is 9.36 Å². The van der Waals surface area contributed by atoms with E-state index >= 15 is 0 Å². The molecule has 0 fully saturated rings. The molecular formula is C29H24N2O2S. The molecule has 1 aliphatic carbocycles. The van der Waals surface area contributed by atoms with E-state index < -0.39 is 0 Å². The summed E-state index contributed by atoms with van der Waals surface area (Å²) in [4.78, 5) is 19.6. The fraction of sp³-hybridized carbons (Fsp3) is 0.172. The summed E-state index contributed by atoms with van der Waals surface area (Å²) in [6.07, 6.45) is 3.81. The molecule has 6 rings (SSSR count). The molecule has 0 radical (unpaired) electrons. The topological polar surface area (TPSA) is 43.6 Å². The van der Waals surface area contributed by atoms with Crippen molar-refractivity contribution in [1.29, 1.82) is 0 Å². The molecule has 0 bridgehead atoms. The summed E-state index contributed by atoms with van der Waals surface area (Å²) >= 11 is 1.47. The van der Waals surface area contributed by atoms with Gasteiger partial charge in [0.05, 0.1) is 23.4 Å². The Balaban J connectivity index is 1.60. The van der Waals surface area contributed by atoms with Crippen LogP contribution < -0.4 is 19.6 Å². The first-order valence-corrected chi connectivity index (χ1v) is 12.3. The van der Waals surface area contributed by atoms with Crippen molar-refractivity contribution < 1.29 is 4.74 Å². The summed E-state index contributed by atoms with van der Waals surface area (Å²) in [6.45, 7) is 2.06. The third kappa shape index (κ3) is 3.44. The van der Waals surface area contributed by atoms with E-state index in [1.807, 2.05) is 22.8 Å². The summed E-state index contributed by atoms with van der Waals surface area (Å²) in [5.74, 6) is 0.804. The predicted molar refractivity (Wildman–Crippen MR) is 137 cm³/mol. The SMILES string of the molecule is COc1ccc([C@@H]2C3=C(N=c4s/c(=C\c5ccc(C)cc5)c(=O)n42)c2ccccc2CC3)cc1. The minimum atomic E-state index is -0.175. The largest absolute Gasteiger partial charge is 0.497 e. The maximum atomic E-state index is 13.7. The van der Waals surface area contributed by atoms with Crippen molar-refractivity contribution in [3.05, 3.63) is 126 Å². The minimum Gasteiger partial charge on any atom is -0.497 e. The third-order valence-electron chi connectivity index (χ3n) is 6.68. The van der Waals surface area contributed by atoms with Crippen LogP contribution in [0.1, 0.15) is 40.3 Å². The smallest absolute Gasteiger partial charge is 0.271 e. The number of hydrogen-bond acceptors (Lipinski definition) is 4. The molecule has 0 unspecified atom stereocenters. The number of rotatable bonds is 3. The monoisotopic (exact) mass is 464 g/mol. The lowest BCUT2D eigenvalue weighted by Crippen LogP contribution is -2.38. The van der Waals surface area contributed by atoms with Gasteiger partial charge in [-0.1, -0.05) is 77.6 Å². The van der Waals surface area contributed by atoms with E-state index in [9.17, 15) is 4.79 Å². The normalized spacial score (nSPS) is 17.0. The van der Waals surface area contributed by atoms with Gasteiger partial charge in [-0.05, 0) is 60.2 Å². The number of fused-ring (bicyclic) bond motifs is 3. The summed E-state index contributed by atoms with van der Waals surface area (Å²) in [6, 6.07) is 24.6. The molecule has 4 nitrogen and oxygen atoms in total. The molecule has 0 spiro atoms. The van der Waals surface area contributed by atoms with Crippen molar-refractivity contribution in [1.82, 2.24) is 4.57 Å². The summed E-state index contributed by atoms with van der Waals surface area (Å²) < 4.78 is 7.97. The highest BCUT2D eigenvalue weighted by Gasteiger charge is 2.32. The van der Waals surface area contributed by atoms with E-state index in [0.717, 1.165) is 40.2 Å². The molecule has 1 atom stereocenters. The van der Waals surface area contributed by atoms with Crippen molar-refractivity contribution in [2.45, 2.75) is 25.8 Å². The Morgan fingerprint density at radius 1 is 1.00 bits per heavy atom. The highest BCUT2D eigenvalue weighted by Crippen LogP contribution is 2.41. The molecular weight excluding hydrogens is 440 g/mol. The molecule has 4 aromatic rings. The van der Waals surface area contributed by atoms with E-state index in [4.69, 9.17) is 9.73 Å². The average Bonchev–Trinajstić information content (AvgIpc) is 3.18. The van der Waals surface area contributed by atoms with Crippen LogP contribution in [0.5, 0.6) is 5.75 Å². The van der Waals surface area contributed by atoms with Crippen LogP contribution in [0.25, 0.3) is 11.8 Å². The van der Waals surface area contributed by atoms with Crippen LogP contribution >= 0.6 is 11.3 Å². The number of aromatic nitrogens is 1. The highest BCUT2D eigenvalue weighted by atomic mass is 32.1. The van der Waals surface area contributed by atoms with Gasteiger partial charge in [0.25, 0.3) is 5.56 Å². The standard InChI is InChI=1S/C29H24N2O2S/c1-18-7-9-19(10-8-18)17-25-28(32)31-27(21-11-14-22(33-2)15-12-21)24-16-13-20-5-3-4-6-23(20)26(24)30-29(31)34-25/h3-12,14-15,17,27H,13,16H2,1-2H3/b25-17-/t27-/m1/s1. The van der Waals surface area contributed by atoms with Gasteiger partial charge in [0.15, 0.2) is 4.80 Å². The third-order valence-corrected chi connectivity index (χ3v) is 7.66. The first kappa shape index (κ1) is 20.9. The van der Waals surface area contributed by atoms with Crippen molar-refractivity contribution in [3.8, 4) is 5.75 Å². The van der Waals surface area contributed by atoms with Gasteiger partial charge in [0.2, 0.25) is 0 Å². The van der Waals surface area contributed by atoms with E-state index in [2.05, 4.69) is 67.6 Å². The Kier molecular flexibility index (Phi) is 5.07. The Bertz CT molecular complexity index is 1610. The molecule has 0 saturated heterocycles. The molecule has 168 valence electrons. The first-order valence-electron chi connectivity index (χ1n) is 11.5. The lowest BCUT2D eigenvalue weighted by Gasteiger charge is -2.30. The van der Waals surface area contributed by atoms with Crippen LogP contribution in [0.2, 0.25) is 0 Å². The Morgan fingerprint density at radius 2 is 1.76 bits per heavy atom. The summed E-state index contributed by atoms with van der Waals surface area (Å²) in [7, 11) is 1.67. The molecule has 0 N–H and O–H groups in total. The number of ether oxygens (including phenoxy) is 1. The lowest BCUT2D eigenvalue weighted by atomic mass is 9.83. The molecule has 5 heteroatoms. The van der Waals surface area contributed by atoms with Crippen LogP contribution in [-0.2, 0) is 6.42 Å². The predicted octanol–water partition coefficient (Wildman–Crippen LogP) is 4.64. The van der Waals surface area contributed by atoms with Gasteiger partial charge in [-0.2, -0.15) is 0 Å². The first-order chi connectivity index (χ1) is 16.6. The van der Waals surface area contributed by atoms with Crippen LogP contribution in [0.15, 0.2) is 88.2 Å². The van der Waals surface area contributed by atoms with Gasteiger partial charge < -0.3 is 4.74 Å². The number of hydrogen-bond donors (Lipinski definition) is 0. The van der Waals surface area contributed by atoms with Gasteiger partial charge in [-0.25, -0.2) is 4.99 Å². The number of benzene rings is 3. The van der Waals surface area contributed by atoms with E-state index in [-0.39, 0.29) is 11.6 Å². The summed E-state index contributed by atoms with van der Waals surface area (Å²) in [5.41, 5.74) is 8.02. The van der Waals surface area contributed by atoms with Gasteiger partial charge >= 0.3 is 0 Å². The molecule has 0 saturated carbocycles. The zero-order valence-corrected chi connectivity index (χ0v) is 19.9. The number of thiazole rings is 1. The molecule has 3 aromatic carbocycles. The molecule has 1 aromatic heterocycles. The minimum absolute atomic E-state index is 0.00977. The molecule has 2 aliphatic rings. The second-order valence-electron chi connectivity index (χ2n) is 8.80. The van der Waals surface area contributed by atoms with Gasteiger partial charge in [0, 0.05) is 5.56 Å². The second-order valence-corrected chi connectivity index (χ2v) is 9.81. The van der Waals surface area contributed by atoms with Crippen molar-refractivity contribution >= 4 is 23.1 Å². The Hall–Kier alpha value is -3.70. The van der Waals surface area contributed by atoms with E-state index in [1.54, 1.807) is 7.11 Å². The average molecular weight is 465 g/mol. The quantitative estimate of drug-likeness (QED) is 0.444. The number of allylic oxidation sites excluding steroid dienone is 1. The fourth-order valence-corrected chi connectivity index (χ4v) is 5.92. The van der Waals surface area contributed by atoms with E-state index in [1.165, 1.54) is 33.6 Å². The lowest BCUT2D eigenvalue weighted by molar-refractivity contribution is 0.414. The second kappa shape index (κ2) is 8.26. The van der Waals surface area contributed by atoms with Crippen LogP contribution in [-0.4, -0.2) is 11.7 Å². The van der Waals surface area contributed by atoms with E-state index in [0.29, 0.717) is 4.53 Å². The molecule has 1 aliphatic heterocycles. The zero-order chi connectivity index (χ0) is 23.2. The summed E-state index contributed by atoms with van der Waals surface area (Å²) in [5, 5.41) is 0.